The number of carboxylic acid groups (broad SMARTS) is 1. The van der Waals surface area contributed by atoms with Gasteiger partial charge in [-0.3, -0.25) is 4.79 Å². The van der Waals surface area contributed by atoms with Gasteiger partial charge in [0.25, 0.3) is 0 Å². The first kappa shape index (κ1) is 15.8. The topological polar surface area (TPSA) is 78.9 Å². The van der Waals surface area contributed by atoms with Crippen molar-refractivity contribution in [2.24, 2.45) is 5.92 Å². The van der Waals surface area contributed by atoms with Crippen molar-refractivity contribution in [3.63, 3.8) is 0 Å². The second-order valence-electron chi connectivity index (χ2n) is 4.77. The van der Waals surface area contributed by atoms with Crippen LogP contribution in [0.5, 0.6) is 0 Å². The van der Waals surface area contributed by atoms with Crippen molar-refractivity contribution in [3.8, 4) is 0 Å². The van der Waals surface area contributed by atoms with Crippen molar-refractivity contribution in [3.05, 3.63) is 0 Å². The van der Waals surface area contributed by atoms with E-state index < -0.39 is 5.97 Å². The number of carboxylic acids is 1. The molecule has 1 aliphatic rings. The highest BCUT2D eigenvalue weighted by molar-refractivity contribution is 5.75. The lowest BCUT2D eigenvalue weighted by Crippen LogP contribution is -2.45. The number of aliphatic carboxylic acids is 1. The summed E-state index contributed by atoms with van der Waals surface area (Å²) in [4.78, 5) is 24.6. The molecule has 1 fully saturated rings. The average Bonchev–Trinajstić information content (AvgIpc) is 2.83. The quantitative estimate of drug-likeness (QED) is 0.685. The summed E-state index contributed by atoms with van der Waals surface area (Å²) in [5, 5.41) is 11.8. The third-order valence-corrected chi connectivity index (χ3v) is 3.49. The van der Waals surface area contributed by atoms with Gasteiger partial charge in [-0.25, -0.2) is 4.79 Å². The molecular weight excluding hydrogens is 248 g/mol. The lowest BCUT2D eigenvalue weighted by molar-refractivity contribution is -0.141. The Morgan fingerprint density at radius 2 is 2.11 bits per heavy atom. The lowest BCUT2D eigenvalue weighted by atomic mass is 10.1. The predicted molar refractivity (Wildman–Crippen MR) is 71.0 cm³/mol. The third kappa shape index (κ3) is 5.06. The summed E-state index contributed by atoms with van der Waals surface area (Å²) in [5.74, 6) is -1.08. The minimum atomic E-state index is -0.763. The fraction of sp³-hybridized carbons (Fsp3) is 0.846. The summed E-state index contributed by atoms with van der Waals surface area (Å²) < 4.78 is 5.24. The number of ether oxygens (including phenoxy) is 1. The zero-order chi connectivity index (χ0) is 14.3. The molecule has 0 heterocycles. The molecule has 0 aliphatic heterocycles. The van der Waals surface area contributed by atoms with Crippen LogP contribution in [0.2, 0.25) is 0 Å². The first-order valence-electron chi connectivity index (χ1n) is 6.94. The van der Waals surface area contributed by atoms with Gasteiger partial charge in [-0.2, -0.15) is 0 Å². The number of carbonyl (C=O) groups excluding carboxylic acids is 1. The molecule has 110 valence electrons. The standard InChI is InChI=1S/C13H24N2O4/c1-3-15(7-8-19-4-2)13(18)14-11-6-5-10(9-11)12(16)17/h10-11H,3-9H2,1-2H3,(H,14,18)(H,16,17)/t10-,11+/m1/s1. The molecule has 1 aliphatic carbocycles. The van der Waals surface area contributed by atoms with E-state index in [-0.39, 0.29) is 18.0 Å². The van der Waals surface area contributed by atoms with E-state index in [1.54, 1.807) is 4.90 Å². The van der Waals surface area contributed by atoms with Crippen molar-refractivity contribution in [2.45, 2.75) is 39.2 Å². The number of rotatable bonds is 7. The van der Waals surface area contributed by atoms with Gasteiger partial charge in [-0.1, -0.05) is 0 Å². The Labute approximate surface area is 114 Å². The van der Waals surface area contributed by atoms with E-state index in [1.165, 1.54) is 0 Å². The molecule has 6 nitrogen and oxygen atoms in total. The van der Waals surface area contributed by atoms with Crippen LogP contribution in [-0.4, -0.2) is 54.4 Å². The highest BCUT2D eigenvalue weighted by Crippen LogP contribution is 2.25. The normalized spacial score (nSPS) is 22.2. The van der Waals surface area contributed by atoms with Gasteiger partial charge in [0, 0.05) is 25.7 Å². The Bertz CT molecular complexity index is 309. The van der Waals surface area contributed by atoms with Crippen LogP contribution in [0, 0.1) is 5.92 Å². The zero-order valence-corrected chi connectivity index (χ0v) is 11.7. The summed E-state index contributed by atoms with van der Waals surface area (Å²) >= 11 is 0. The molecule has 6 heteroatoms. The summed E-state index contributed by atoms with van der Waals surface area (Å²) in [6, 6.07) is -0.145. The number of amides is 2. The molecule has 0 spiro atoms. The van der Waals surface area contributed by atoms with Gasteiger partial charge in [0.05, 0.1) is 12.5 Å². The first-order valence-corrected chi connectivity index (χ1v) is 6.94. The maximum Gasteiger partial charge on any atom is 0.317 e. The van der Waals surface area contributed by atoms with Crippen LogP contribution < -0.4 is 5.32 Å². The Balaban J connectivity index is 2.34. The minimum Gasteiger partial charge on any atom is -0.481 e. The molecule has 0 aromatic heterocycles. The number of nitrogens with zero attached hydrogens (tertiary/aromatic N) is 1. The van der Waals surface area contributed by atoms with Crippen LogP contribution in [0.3, 0.4) is 0 Å². The Hall–Kier alpha value is -1.30. The molecule has 19 heavy (non-hydrogen) atoms. The van der Waals surface area contributed by atoms with E-state index in [9.17, 15) is 9.59 Å². The number of hydrogen-bond acceptors (Lipinski definition) is 3. The van der Waals surface area contributed by atoms with Crippen LogP contribution in [0.1, 0.15) is 33.1 Å². The summed E-state index contributed by atoms with van der Waals surface area (Å²) in [7, 11) is 0. The summed E-state index contributed by atoms with van der Waals surface area (Å²) in [5.41, 5.74) is 0. The number of urea groups is 1. The zero-order valence-electron chi connectivity index (χ0n) is 11.7. The maximum atomic E-state index is 12.0. The van der Waals surface area contributed by atoms with Gasteiger partial charge in [0.1, 0.15) is 0 Å². The molecule has 0 aromatic rings. The smallest absolute Gasteiger partial charge is 0.317 e. The van der Waals surface area contributed by atoms with E-state index in [1.807, 2.05) is 13.8 Å². The first-order chi connectivity index (χ1) is 9.08. The number of nitrogens with one attached hydrogen (secondary N) is 1. The fourth-order valence-electron chi connectivity index (χ4n) is 2.33. The van der Waals surface area contributed by atoms with Crippen LogP contribution >= 0.6 is 0 Å². The van der Waals surface area contributed by atoms with Gasteiger partial charge in [0.2, 0.25) is 0 Å². The second-order valence-corrected chi connectivity index (χ2v) is 4.77. The third-order valence-electron chi connectivity index (χ3n) is 3.49. The summed E-state index contributed by atoms with van der Waals surface area (Å²) in [6.07, 6.45) is 1.92. The molecule has 0 saturated heterocycles. The van der Waals surface area contributed by atoms with E-state index in [0.29, 0.717) is 39.1 Å². The number of likely N-dealkylation sites (N-methyl/N-ethyl adjacent to an activating group) is 1. The minimum absolute atomic E-state index is 0.0188. The van der Waals surface area contributed by atoms with Crippen molar-refractivity contribution in [2.75, 3.05) is 26.3 Å². The van der Waals surface area contributed by atoms with E-state index in [2.05, 4.69) is 5.32 Å². The largest absolute Gasteiger partial charge is 0.481 e. The highest BCUT2D eigenvalue weighted by atomic mass is 16.5. The van der Waals surface area contributed by atoms with Gasteiger partial charge in [0.15, 0.2) is 0 Å². The van der Waals surface area contributed by atoms with E-state index in [4.69, 9.17) is 9.84 Å². The van der Waals surface area contributed by atoms with Crippen molar-refractivity contribution in [1.29, 1.82) is 0 Å². The molecule has 1 saturated carbocycles. The van der Waals surface area contributed by atoms with Gasteiger partial charge >= 0.3 is 12.0 Å². The molecule has 0 radical (unpaired) electrons. The number of carbonyl (C=O) groups is 2. The van der Waals surface area contributed by atoms with Crippen LogP contribution in [0.15, 0.2) is 0 Å². The van der Waals surface area contributed by atoms with Crippen molar-refractivity contribution < 1.29 is 19.4 Å². The molecule has 2 amide bonds. The molecular formula is C13H24N2O4. The van der Waals surface area contributed by atoms with E-state index in [0.717, 1.165) is 6.42 Å². The van der Waals surface area contributed by atoms with E-state index >= 15 is 0 Å². The summed E-state index contributed by atoms with van der Waals surface area (Å²) in [6.45, 7) is 6.18. The Morgan fingerprint density at radius 1 is 1.37 bits per heavy atom. The second kappa shape index (κ2) is 7.99. The molecule has 0 bridgehead atoms. The van der Waals surface area contributed by atoms with Crippen molar-refractivity contribution in [1.82, 2.24) is 10.2 Å². The molecule has 0 aromatic carbocycles. The predicted octanol–water partition coefficient (Wildman–Crippen LogP) is 1.31. The number of hydrogen-bond donors (Lipinski definition) is 2. The molecule has 2 N–H and O–H groups in total. The Morgan fingerprint density at radius 3 is 2.63 bits per heavy atom. The van der Waals surface area contributed by atoms with Crippen LogP contribution in [-0.2, 0) is 9.53 Å². The van der Waals surface area contributed by atoms with Crippen LogP contribution in [0.25, 0.3) is 0 Å². The average molecular weight is 272 g/mol. The molecule has 2 atom stereocenters. The van der Waals surface area contributed by atoms with Gasteiger partial charge in [-0.05, 0) is 33.1 Å². The molecule has 0 unspecified atom stereocenters. The maximum absolute atomic E-state index is 12.0. The van der Waals surface area contributed by atoms with Gasteiger partial charge in [-0.15, -0.1) is 0 Å². The monoisotopic (exact) mass is 272 g/mol. The Kier molecular flexibility index (Phi) is 6.62. The highest BCUT2D eigenvalue weighted by Gasteiger charge is 2.31. The SMILES string of the molecule is CCOCCN(CC)C(=O)N[C@H]1CC[C@@H](C(=O)O)C1. The lowest BCUT2D eigenvalue weighted by Gasteiger charge is -2.23. The van der Waals surface area contributed by atoms with Gasteiger partial charge < -0.3 is 20.1 Å². The molecule has 1 rings (SSSR count). The van der Waals surface area contributed by atoms with Crippen molar-refractivity contribution >= 4 is 12.0 Å². The fourth-order valence-corrected chi connectivity index (χ4v) is 2.33. The van der Waals surface area contributed by atoms with Crippen LogP contribution in [0.4, 0.5) is 4.79 Å².